The van der Waals surface area contributed by atoms with Gasteiger partial charge in [-0.05, 0) is 41.7 Å². The number of carbonyl (C=O) groups excluding carboxylic acids is 1. The van der Waals surface area contributed by atoms with Crippen molar-refractivity contribution in [2.24, 2.45) is 5.14 Å². The van der Waals surface area contributed by atoms with Crippen molar-refractivity contribution in [3.8, 4) is 17.2 Å². The molecule has 1 aromatic heterocycles. The van der Waals surface area contributed by atoms with Crippen LogP contribution in [0.1, 0.15) is 38.3 Å². The summed E-state index contributed by atoms with van der Waals surface area (Å²) in [5, 5.41) is 8.06. The van der Waals surface area contributed by atoms with E-state index < -0.39 is 10.0 Å². The molecule has 0 bridgehead atoms. The molecular formula is C23H28N4O5S. The molecular weight excluding hydrogens is 444 g/mol. The summed E-state index contributed by atoms with van der Waals surface area (Å²) in [6, 6.07) is 8.63. The second-order valence-electron chi connectivity index (χ2n) is 9.19. The predicted molar refractivity (Wildman–Crippen MR) is 127 cm³/mol. The van der Waals surface area contributed by atoms with Crippen molar-refractivity contribution >= 4 is 32.8 Å². The molecule has 33 heavy (non-hydrogen) atoms. The topological polar surface area (TPSA) is 128 Å². The van der Waals surface area contributed by atoms with Gasteiger partial charge in [-0.2, -0.15) is 0 Å². The summed E-state index contributed by atoms with van der Waals surface area (Å²) in [4.78, 5) is 18.8. The molecule has 4 rings (SSSR count). The van der Waals surface area contributed by atoms with Gasteiger partial charge in [0.15, 0.2) is 5.58 Å². The van der Waals surface area contributed by atoms with Crippen molar-refractivity contribution in [2.75, 3.05) is 25.1 Å². The average molecular weight is 473 g/mol. The molecule has 0 saturated carbocycles. The Hall–Kier alpha value is -3.11. The van der Waals surface area contributed by atoms with Crippen LogP contribution in [0.2, 0.25) is 0 Å². The number of nitrogens with zero attached hydrogens (tertiary/aromatic N) is 2. The molecule has 3 aromatic rings. The second kappa shape index (κ2) is 8.35. The fourth-order valence-corrected chi connectivity index (χ4v) is 4.64. The zero-order valence-corrected chi connectivity index (χ0v) is 20.0. The number of methoxy groups -OCH3 is 1. The Kier molecular flexibility index (Phi) is 5.83. The van der Waals surface area contributed by atoms with Gasteiger partial charge in [0.1, 0.15) is 11.3 Å². The number of fused-ring (bicyclic) bond motifs is 1. The Morgan fingerprint density at radius 1 is 1.24 bits per heavy atom. The molecule has 9 nitrogen and oxygen atoms in total. The maximum Gasteiger partial charge on any atom is 0.321 e. The van der Waals surface area contributed by atoms with Gasteiger partial charge in [-0.1, -0.05) is 26.8 Å². The highest BCUT2D eigenvalue weighted by Gasteiger charge is 2.28. The average Bonchev–Trinajstić information content (AvgIpc) is 3.14. The van der Waals surface area contributed by atoms with Gasteiger partial charge in [0.05, 0.1) is 18.4 Å². The molecule has 1 saturated heterocycles. The van der Waals surface area contributed by atoms with Gasteiger partial charge in [-0.15, -0.1) is 0 Å². The van der Waals surface area contributed by atoms with Crippen LogP contribution in [0.4, 0.5) is 10.5 Å². The molecule has 0 atom stereocenters. The highest BCUT2D eigenvalue weighted by molar-refractivity contribution is 7.88. The van der Waals surface area contributed by atoms with Gasteiger partial charge in [0, 0.05) is 24.3 Å². The Morgan fingerprint density at radius 2 is 2.00 bits per heavy atom. The quantitative estimate of drug-likeness (QED) is 0.585. The smallest absolute Gasteiger partial charge is 0.321 e. The lowest BCUT2D eigenvalue weighted by Crippen LogP contribution is -2.46. The lowest BCUT2D eigenvalue weighted by molar-refractivity contribution is 0.243. The number of sulfonamides is 1. The molecule has 1 fully saturated rings. The van der Waals surface area contributed by atoms with Crippen LogP contribution in [-0.2, 0) is 21.2 Å². The SMILES string of the molecule is COc1c(-c2nc3cc(CS(N)(=O)=O)ccc3o2)cc(N2CCCNC2=O)cc1C(C)(C)C. The molecule has 2 heterocycles. The van der Waals surface area contributed by atoms with Gasteiger partial charge in [-0.3, -0.25) is 4.90 Å². The molecule has 0 radical (unpaired) electrons. The molecule has 2 amide bonds. The van der Waals surface area contributed by atoms with Gasteiger partial charge in [0.25, 0.3) is 0 Å². The summed E-state index contributed by atoms with van der Waals surface area (Å²) in [5.41, 5.74) is 3.50. The number of amides is 2. The molecule has 0 unspecified atom stereocenters. The van der Waals surface area contributed by atoms with E-state index in [1.807, 2.05) is 12.1 Å². The van der Waals surface area contributed by atoms with E-state index in [0.29, 0.717) is 47.0 Å². The molecule has 3 N–H and O–H groups in total. The summed E-state index contributed by atoms with van der Waals surface area (Å²) < 4.78 is 34.8. The number of carbonyl (C=O) groups is 1. The van der Waals surface area contributed by atoms with Crippen LogP contribution >= 0.6 is 0 Å². The van der Waals surface area contributed by atoms with Gasteiger partial charge in [-0.25, -0.2) is 23.3 Å². The first-order valence-corrected chi connectivity index (χ1v) is 12.4. The first-order chi connectivity index (χ1) is 15.5. The molecule has 10 heteroatoms. The predicted octanol–water partition coefficient (Wildman–Crippen LogP) is 3.51. The van der Waals surface area contributed by atoms with Crippen LogP contribution in [-0.4, -0.2) is 39.6 Å². The largest absolute Gasteiger partial charge is 0.496 e. The molecule has 1 aliphatic heterocycles. The van der Waals surface area contributed by atoms with Crippen LogP contribution in [0.25, 0.3) is 22.6 Å². The highest BCUT2D eigenvalue weighted by atomic mass is 32.2. The third-order valence-corrected chi connectivity index (χ3v) is 6.26. The molecule has 176 valence electrons. The van der Waals surface area contributed by atoms with Crippen LogP contribution in [0.15, 0.2) is 34.7 Å². The summed E-state index contributed by atoms with van der Waals surface area (Å²) in [6.45, 7) is 7.46. The summed E-state index contributed by atoms with van der Waals surface area (Å²) in [7, 11) is -2.08. The van der Waals surface area contributed by atoms with E-state index in [4.69, 9.17) is 14.3 Å². The number of benzene rings is 2. The van der Waals surface area contributed by atoms with Crippen LogP contribution < -0.4 is 20.1 Å². The third kappa shape index (κ3) is 4.81. The number of hydrogen-bond donors (Lipinski definition) is 2. The van der Waals surface area contributed by atoms with Gasteiger partial charge < -0.3 is 14.5 Å². The van der Waals surface area contributed by atoms with Gasteiger partial charge in [0.2, 0.25) is 15.9 Å². The lowest BCUT2D eigenvalue weighted by Gasteiger charge is -2.31. The number of urea groups is 1. The van der Waals surface area contributed by atoms with E-state index in [2.05, 4.69) is 31.1 Å². The third-order valence-electron chi connectivity index (χ3n) is 5.53. The minimum absolute atomic E-state index is 0.151. The fraction of sp³-hybridized carbons (Fsp3) is 0.391. The molecule has 0 spiro atoms. The van der Waals surface area contributed by atoms with Crippen LogP contribution in [0, 0.1) is 0 Å². The van der Waals surface area contributed by atoms with Crippen LogP contribution in [0.5, 0.6) is 5.75 Å². The molecule has 0 aliphatic carbocycles. The Bertz CT molecular complexity index is 1320. The Balaban J connectivity index is 1.89. The minimum Gasteiger partial charge on any atom is -0.496 e. The first-order valence-electron chi connectivity index (χ1n) is 10.6. The minimum atomic E-state index is -3.67. The number of hydrogen-bond acceptors (Lipinski definition) is 6. The summed E-state index contributed by atoms with van der Waals surface area (Å²) in [5.74, 6) is 0.640. The van der Waals surface area contributed by atoms with E-state index in [-0.39, 0.29) is 17.2 Å². The standard InChI is InChI=1S/C23H28N4O5S/c1-23(2,3)17-12-15(27-9-5-8-25-22(27)28)11-16(20(17)31-4)21-26-18-10-14(13-33(24,29)30)6-7-19(18)32-21/h6-7,10-12H,5,8-9,13H2,1-4H3,(H,25,28)(H2,24,29,30). The van der Waals surface area contributed by atoms with E-state index in [0.717, 1.165) is 17.7 Å². The van der Waals surface area contributed by atoms with Crippen molar-refractivity contribution < 1.29 is 22.4 Å². The first kappa shape index (κ1) is 23.1. The number of aromatic nitrogens is 1. The maximum absolute atomic E-state index is 12.5. The van der Waals surface area contributed by atoms with Crippen molar-refractivity contribution in [3.05, 3.63) is 41.5 Å². The van der Waals surface area contributed by atoms with E-state index >= 15 is 0 Å². The lowest BCUT2D eigenvalue weighted by atomic mass is 9.84. The van der Waals surface area contributed by atoms with Crippen molar-refractivity contribution in [2.45, 2.75) is 38.4 Å². The zero-order chi connectivity index (χ0) is 24.0. The normalized spacial score (nSPS) is 15.1. The van der Waals surface area contributed by atoms with Crippen molar-refractivity contribution in [1.82, 2.24) is 10.3 Å². The van der Waals surface area contributed by atoms with E-state index in [1.54, 1.807) is 30.2 Å². The van der Waals surface area contributed by atoms with E-state index in [1.165, 1.54) is 0 Å². The van der Waals surface area contributed by atoms with E-state index in [9.17, 15) is 13.2 Å². The molecule has 1 aliphatic rings. The number of oxazole rings is 1. The number of nitrogens with one attached hydrogen (secondary N) is 1. The fourth-order valence-electron chi connectivity index (χ4n) is 3.99. The Morgan fingerprint density at radius 3 is 2.64 bits per heavy atom. The number of ether oxygens (including phenoxy) is 1. The summed E-state index contributed by atoms with van der Waals surface area (Å²) in [6.07, 6.45) is 0.841. The van der Waals surface area contributed by atoms with Gasteiger partial charge >= 0.3 is 6.03 Å². The summed E-state index contributed by atoms with van der Waals surface area (Å²) >= 11 is 0. The highest BCUT2D eigenvalue weighted by Crippen LogP contribution is 2.43. The molecule has 2 aromatic carbocycles. The Labute approximate surface area is 193 Å². The number of rotatable bonds is 5. The van der Waals surface area contributed by atoms with Crippen molar-refractivity contribution in [1.29, 1.82) is 0 Å². The monoisotopic (exact) mass is 472 g/mol. The maximum atomic E-state index is 12.5. The number of primary sulfonamides is 1. The van der Waals surface area contributed by atoms with Crippen molar-refractivity contribution in [3.63, 3.8) is 0 Å². The second-order valence-corrected chi connectivity index (χ2v) is 10.8. The number of anilines is 1. The zero-order valence-electron chi connectivity index (χ0n) is 19.1. The van der Waals surface area contributed by atoms with Crippen LogP contribution in [0.3, 0.4) is 0 Å². The number of nitrogens with two attached hydrogens (primary N) is 1.